The lowest BCUT2D eigenvalue weighted by Crippen LogP contribution is -2.12. The van der Waals surface area contributed by atoms with Crippen LogP contribution in [0, 0.1) is 6.92 Å². The summed E-state index contributed by atoms with van der Waals surface area (Å²) < 4.78 is 10.5. The number of ether oxygens (including phenoxy) is 1. The number of pyridine rings is 1. The molecule has 2 heterocycles. The number of hydrogen-bond donors (Lipinski definition) is 1. The Labute approximate surface area is 101 Å². The van der Waals surface area contributed by atoms with E-state index in [1.807, 2.05) is 31.2 Å². The third kappa shape index (κ3) is 3.32. The third-order valence-electron chi connectivity index (χ3n) is 2.43. The number of aromatic nitrogens is 1. The van der Waals surface area contributed by atoms with Crippen molar-refractivity contribution in [1.82, 2.24) is 10.3 Å². The molecule has 0 radical (unpaired) electrons. The molecule has 4 heteroatoms. The van der Waals surface area contributed by atoms with Crippen LogP contribution in [0.25, 0.3) is 0 Å². The van der Waals surface area contributed by atoms with Gasteiger partial charge in [0.05, 0.1) is 13.7 Å². The summed E-state index contributed by atoms with van der Waals surface area (Å²) in [6, 6.07) is 7.79. The van der Waals surface area contributed by atoms with Crippen molar-refractivity contribution in [3.8, 4) is 5.88 Å². The van der Waals surface area contributed by atoms with Gasteiger partial charge in [-0.25, -0.2) is 4.98 Å². The van der Waals surface area contributed by atoms with Gasteiger partial charge in [-0.15, -0.1) is 0 Å². The lowest BCUT2D eigenvalue weighted by Gasteiger charge is -2.03. The van der Waals surface area contributed by atoms with Gasteiger partial charge in [0.2, 0.25) is 5.88 Å². The normalized spacial score (nSPS) is 10.5. The Morgan fingerprint density at radius 3 is 2.71 bits per heavy atom. The smallest absolute Gasteiger partial charge is 0.212 e. The minimum Gasteiger partial charge on any atom is -0.481 e. The SMILES string of the molecule is COc1ccc(CNCc2ccc(C)o2)cn1. The van der Waals surface area contributed by atoms with Crippen molar-refractivity contribution in [1.29, 1.82) is 0 Å². The molecule has 90 valence electrons. The zero-order valence-corrected chi connectivity index (χ0v) is 10.1. The number of rotatable bonds is 5. The number of nitrogens with zero attached hydrogens (tertiary/aromatic N) is 1. The highest BCUT2D eigenvalue weighted by atomic mass is 16.5. The number of aryl methyl sites for hydroxylation is 1. The first-order valence-corrected chi connectivity index (χ1v) is 5.53. The van der Waals surface area contributed by atoms with E-state index in [4.69, 9.17) is 9.15 Å². The van der Waals surface area contributed by atoms with E-state index in [0.29, 0.717) is 5.88 Å². The van der Waals surface area contributed by atoms with E-state index < -0.39 is 0 Å². The molecule has 0 atom stereocenters. The van der Waals surface area contributed by atoms with Crippen molar-refractivity contribution < 1.29 is 9.15 Å². The maximum Gasteiger partial charge on any atom is 0.212 e. The second-order valence-electron chi connectivity index (χ2n) is 3.82. The molecule has 0 spiro atoms. The highest BCUT2D eigenvalue weighted by Gasteiger charge is 1.99. The zero-order chi connectivity index (χ0) is 12.1. The molecule has 4 nitrogen and oxygen atoms in total. The molecule has 0 saturated carbocycles. The third-order valence-corrected chi connectivity index (χ3v) is 2.43. The molecular weight excluding hydrogens is 216 g/mol. The summed E-state index contributed by atoms with van der Waals surface area (Å²) in [4.78, 5) is 4.14. The highest BCUT2D eigenvalue weighted by Crippen LogP contribution is 2.08. The van der Waals surface area contributed by atoms with Crippen LogP contribution < -0.4 is 10.1 Å². The standard InChI is InChI=1S/C13H16N2O2/c1-10-3-5-12(17-10)9-14-7-11-4-6-13(16-2)15-8-11/h3-6,8,14H,7,9H2,1-2H3. The second kappa shape index (κ2) is 5.50. The van der Waals surface area contributed by atoms with Crippen molar-refractivity contribution >= 4 is 0 Å². The summed E-state index contributed by atoms with van der Waals surface area (Å²) in [5.41, 5.74) is 1.12. The molecule has 2 aromatic rings. The van der Waals surface area contributed by atoms with Crippen molar-refractivity contribution in [2.45, 2.75) is 20.0 Å². The fourth-order valence-corrected chi connectivity index (χ4v) is 1.55. The van der Waals surface area contributed by atoms with Crippen LogP contribution in [-0.2, 0) is 13.1 Å². The van der Waals surface area contributed by atoms with E-state index in [2.05, 4.69) is 10.3 Å². The highest BCUT2D eigenvalue weighted by molar-refractivity contribution is 5.17. The topological polar surface area (TPSA) is 47.3 Å². The van der Waals surface area contributed by atoms with Gasteiger partial charge in [0.25, 0.3) is 0 Å². The molecule has 0 aliphatic rings. The molecule has 0 aliphatic heterocycles. The maximum atomic E-state index is 5.46. The van der Waals surface area contributed by atoms with Crippen LogP contribution in [0.4, 0.5) is 0 Å². The van der Waals surface area contributed by atoms with Gasteiger partial charge in [-0.05, 0) is 24.6 Å². The first kappa shape index (κ1) is 11.7. The number of hydrogen-bond acceptors (Lipinski definition) is 4. The molecule has 0 unspecified atom stereocenters. The number of methoxy groups -OCH3 is 1. The average molecular weight is 232 g/mol. The van der Waals surface area contributed by atoms with Crippen molar-refractivity contribution in [3.63, 3.8) is 0 Å². The van der Waals surface area contributed by atoms with Crippen LogP contribution in [0.2, 0.25) is 0 Å². The van der Waals surface area contributed by atoms with E-state index >= 15 is 0 Å². The van der Waals surface area contributed by atoms with Crippen LogP contribution in [0.3, 0.4) is 0 Å². The number of furan rings is 1. The molecule has 1 N–H and O–H groups in total. The van der Waals surface area contributed by atoms with Crippen LogP contribution in [0.15, 0.2) is 34.9 Å². The van der Waals surface area contributed by atoms with E-state index in [1.54, 1.807) is 13.3 Å². The first-order chi connectivity index (χ1) is 8.28. The fraction of sp³-hybridized carbons (Fsp3) is 0.308. The van der Waals surface area contributed by atoms with Gasteiger partial charge in [0.1, 0.15) is 11.5 Å². The molecule has 0 aliphatic carbocycles. The Hall–Kier alpha value is -1.81. The Bertz CT molecular complexity index is 463. The fourth-order valence-electron chi connectivity index (χ4n) is 1.55. The van der Waals surface area contributed by atoms with Crippen LogP contribution in [-0.4, -0.2) is 12.1 Å². The molecular formula is C13H16N2O2. The van der Waals surface area contributed by atoms with Crippen molar-refractivity contribution in [2.24, 2.45) is 0 Å². The summed E-state index contributed by atoms with van der Waals surface area (Å²) in [5, 5.41) is 3.29. The molecule has 0 fully saturated rings. The van der Waals surface area contributed by atoms with E-state index in [9.17, 15) is 0 Å². The van der Waals surface area contributed by atoms with Gasteiger partial charge in [0, 0.05) is 18.8 Å². The minimum atomic E-state index is 0.635. The van der Waals surface area contributed by atoms with E-state index in [1.165, 1.54) is 0 Å². The molecule has 0 bridgehead atoms. The molecule has 17 heavy (non-hydrogen) atoms. The van der Waals surface area contributed by atoms with Gasteiger partial charge in [-0.3, -0.25) is 0 Å². The molecule has 2 aromatic heterocycles. The second-order valence-corrected chi connectivity index (χ2v) is 3.82. The Morgan fingerprint density at radius 2 is 2.12 bits per heavy atom. The summed E-state index contributed by atoms with van der Waals surface area (Å²) in [6.45, 7) is 3.42. The molecule has 0 saturated heterocycles. The summed E-state index contributed by atoms with van der Waals surface area (Å²) in [6.07, 6.45) is 1.80. The average Bonchev–Trinajstić information content (AvgIpc) is 2.76. The van der Waals surface area contributed by atoms with Crippen molar-refractivity contribution in [2.75, 3.05) is 7.11 Å². The van der Waals surface area contributed by atoms with Gasteiger partial charge in [0.15, 0.2) is 0 Å². The van der Waals surface area contributed by atoms with Gasteiger partial charge in [-0.1, -0.05) is 6.07 Å². The predicted molar refractivity (Wildman–Crippen MR) is 64.8 cm³/mol. The predicted octanol–water partition coefficient (Wildman–Crippen LogP) is 2.28. The largest absolute Gasteiger partial charge is 0.481 e. The van der Waals surface area contributed by atoms with Crippen LogP contribution in [0.1, 0.15) is 17.1 Å². The van der Waals surface area contributed by atoms with E-state index in [0.717, 1.165) is 30.2 Å². The Kier molecular flexibility index (Phi) is 3.77. The minimum absolute atomic E-state index is 0.635. The lowest BCUT2D eigenvalue weighted by atomic mass is 10.3. The van der Waals surface area contributed by atoms with Gasteiger partial charge >= 0.3 is 0 Å². The maximum absolute atomic E-state index is 5.46. The van der Waals surface area contributed by atoms with E-state index in [-0.39, 0.29) is 0 Å². The molecule has 0 aromatic carbocycles. The van der Waals surface area contributed by atoms with Gasteiger partial charge < -0.3 is 14.5 Å². The van der Waals surface area contributed by atoms with Crippen LogP contribution in [0.5, 0.6) is 5.88 Å². The lowest BCUT2D eigenvalue weighted by molar-refractivity contribution is 0.397. The Morgan fingerprint density at radius 1 is 1.24 bits per heavy atom. The molecule has 0 amide bonds. The summed E-state index contributed by atoms with van der Waals surface area (Å²) in [5.74, 6) is 2.52. The quantitative estimate of drug-likeness (QED) is 0.859. The van der Waals surface area contributed by atoms with Crippen LogP contribution >= 0.6 is 0 Å². The van der Waals surface area contributed by atoms with Crippen molar-refractivity contribution in [3.05, 3.63) is 47.5 Å². The number of nitrogens with one attached hydrogen (secondary N) is 1. The van der Waals surface area contributed by atoms with Gasteiger partial charge in [-0.2, -0.15) is 0 Å². The summed E-state index contributed by atoms with van der Waals surface area (Å²) in [7, 11) is 1.61. The molecule has 2 rings (SSSR count). The first-order valence-electron chi connectivity index (χ1n) is 5.53. The monoisotopic (exact) mass is 232 g/mol. The Balaban J connectivity index is 1.81. The zero-order valence-electron chi connectivity index (χ0n) is 10.1. The summed E-state index contributed by atoms with van der Waals surface area (Å²) >= 11 is 0.